The van der Waals surface area contributed by atoms with Crippen molar-refractivity contribution in [2.45, 2.75) is 39.2 Å². The van der Waals surface area contributed by atoms with Gasteiger partial charge in [-0.15, -0.1) is 0 Å². The molecule has 0 fully saturated rings. The number of hydrogen-bond donors (Lipinski definition) is 0. The van der Waals surface area contributed by atoms with Crippen molar-refractivity contribution < 1.29 is 19.0 Å². The Hall–Kier alpha value is -2.92. The summed E-state index contributed by atoms with van der Waals surface area (Å²) in [5, 5.41) is 1.97. The second kappa shape index (κ2) is 10.0. The molecule has 0 N–H and O–H groups in total. The van der Waals surface area contributed by atoms with Gasteiger partial charge in [-0.1, -0.05) is 49.7 Å². The van der Waals surface area contributed by atoms with E-state index in [9.17, 15) is 4.79 Å². The maximum atomic E-state index is 12.0. The van der Waals surface area contributed by atoms with E-state index in [0.29, 0.717) is 11.4 Å². The summed E-state index contributed by atoms with van der Waals surface area (Å²) in [6.07, 6.45) is 4.24. The van der Waals surface area contributed by atoms with Gasteiger partial charge in [0.25, 0.3) is 0 Å². The van der Waals surface area contributed by atoms with Crippen LogP contribution < -0.4 is 4.74 Å². The standard InChI is InChI=1S/C24H27NO4/c1-4-5-8-18-11-12-21(22(15-18)28-16-27-3)24(29-17(2)26)23-20-10-7-6-9-19(20)13-14-25-23/h6-7,9-15,24H,4-5,8,16H2,1-3H3. The van der Waals surface area contributed by atoms with E-state index in [1.807, 2.05) is 42.5 Å². The second-order valence-corrected chi connectivity index (χ2v) is 6.93. The zero-order chi connectivity index (χ0) is 20.6. The fourth-order valence-electron chi connectivity index (χ4n) is 3.36. The molecule has 29 heavy (non-hydrogen) atoms. The molecule has 0 saturated carbocycles. The molecule has 5 nitrogen and oxygen atoms in total. The fourth-order valence-corrected chi connectivity index (χ4v) is 3.36. The number of ether oxygens (including phenoxy) is 3. The lowest BCUT2D eigenvalue weighted by Crippen LogP contribution is -2.14. The van der Waals surface area contributed by atoms with E-state index in [0.717, 1.165) is 35.6 Å². The average Bonchev–Trinajstić information content (AvgIpc) is 2.74. The molecule has 1 heterocycles. The van der Waals surface area contributed by atoms with Crippen molar-refractivity contribution in [1.82, 2.24) is 4.98 Å². The quantitative estimate of drug-likeness (QED) is 0.369. The molecule has 3 aromatic rings. The molecular weight excluding hydrogens is 366 g/mol. The van der Waals surface area contributed by atoms with Gasteiger partial charge >= 0.3 is 5.97 Å². The number of esters is 1. The number of hydrogen-bond acceptors (Lipinski definition) is 5. The van der Waals surface area contributed by atoms with Gasteiger partial charge in [0, 0.05) is 31.2 Å². The highest BCUT2D eigenvalue weighted by molar-refractivity contribution is 5.85. The van der Waals surface area contributed by atoms with Crippen LogP contribution in [0.2, 0.25) is 0 Å². The van der Waals surface area contributed by atoms with Gasteiger partial charge in [0.2, 0.25) is 0 Å². The van der Waals surface area contributed by atoms with Crippen LogP contribution in [0.5, 0.6) is 5.75 Å². The van der Waals surface area contributed by atoms with Gasteiger partial charge in [-0.25, -0.2) is 0 Å². The van der Waals surface area contributed by atoms with Gasteiger partial charge in [-0.05, 0) is 35.9 Å². The van der Waals surface area contributed by atoms with Crippen LogP contribution in [0.25, 0.3) is 10.8 Å². The summed E-state index contributed by atoms with van der Waals surface area (Å²) in [6, 6.07) is 15.9. The zero-order valence-electron chi connectivity index (χ0n) is 17.2. The number of carbonyl (C=O) groups is 1. The highest BCUT2D eigenvalue weighted by Gasteiger charge is 2.25. The molecule has 0 aliphatic carbocycles. The summed E-state index contributed by atoms with van der Waals surface area (Å²) in [4.78, 5) is 16.5. The number of fused-ring (bicyclic) bond motifs is 1. The van der Waals surface area contributed by atoms with Crippen molar-refractivity contribution in [3.63, 3.8) is 0 Å². The molecule has 0 radical (unpaired) electrons. The maximum Gasteiger partial charge on any atom is 0.303 e. The Labute approximate surface area is 171 Å². The van der Waals surface area contributed by atoms with Crippen molar-refractivity contribution >= 4 is 16.7 Å². The zero-order valence-corrected chi connectivity index (χ0v) is 17.2. The number of methoxy groups -OCH3 is 1. The third kappa shape index (κ3) is 5.12. The number of aryl methyl sites for hydroxylation is 1. The highest BCUT2D eigenvalue weighted by atomic mass is 16.7. The number of rotatable bonds is 9. The van der Waals surface area contributed by atoms with Crippen molar-refractivity contribution in [2.75, 3.05) is 13.9 Å². The van der Waals surface area contributed by atoms with Crippen LogP contribution in [0.15, 0.2) is 54.7 Å². The van der Waals surface area contributed by atoms with Crippen LogP contribution in [-0.2, 0) is 20.7 Å². The van der Waals surface area contributed by atoms with Crippen LogP contribution >= 0.6 is 0 Å². The Bertz CT molecular complexity index is 965. The smallest absolute Gasteiger partial charge is 0.303 e. The van der Waals surface area contributed by atoms with E-state index in [1.165, 1.54) is 12.5 Å². The predicted octanol–water partition coefficient (Wildman–Crippen LogP) is 5.21. The summed E-state index contributed by atoms with van der Waals surface area (Å²) >= 11 is 0. The summed E-state index contributed by atoms with van der Waals surface area (Å²) in [5.41, 5.74) is 2.61. The van der Waals surface area contributed by atoms with Gasteiger partial charge < -0.3 is 14.2 Å². The summed E-state index contributed by atoms with van der Waals surface area (Å²) in [5.74, 6) is 0.263. The summed E-state index contributed by atoms with van der Waals surface area (Å²) in [6.45, 7) is 3.68. The van der Waals surface area contributed by atoms with Gasteiger partial charge in [0.05, 0.1) is 5.69 Å². The van der Waals surface area contributed by atoms with Gasteiger partial charge in [-0.2, -0.15) is 0 Å². The number of unbranched alkanes of at least 4 members (excludes halogenated alkanes) is 1. The minimum Gasteiger partial charge on any atom is -0.467 e. The van der Waals surface area contributed by atoms with Gasteiger partial charge in [-0.3, -0.25) is 9.78 Å². The Balaban J connectivity index is 2.11. The van der Waals surface area contributed by atoms with E-state index >= 15 is 0 Å². The highest BCUT2D eigenvalue weighted by Crippen LogP contribution is 2.36. The first-order valence-corrected chi connectivity index (χ1v) is 9.89. The normalized spacial score (nSPS) is 12.0. The third-order valence-electron chi connectivity index (χ3n) is 4.75. The van der Waals surface area contributed by atoms with Crippen LogP contribution in [0.4, 0.5) is 0 Å². The summed E-state index contributed by atoms with van der Waals surface area (Å²) < 4.78 is 16.7. The van der Waals surface area contributed by atoms with Crippen molar-refractivity contribution in [3.8, 4) is 5.75 Å². The minimum absolute atomic E-state index is 0.111. The molecule has 0 aliphatic heterocycles. The number of aromatic nitrogens is 1. The van der Waals surface area contributed by atoms with Gasteiger partial charge in [0.15, 0.2) is 12.9 Å². The largest absolute Gasteiger partial charge is 0.467 e. The van der Waals surface area contributed by atoms with E-state index in [2.05, 4.69) is 18.0 Å². The molecule has 1 unspecified atom stereocenters. The van der Waals surface area contributed by atoms with Crippen LogP contribution in [0.3, 0.4) is 0 Å². The predicted molar refractivity (Wildman–Crippen MR) is 113 cm³/mol. The lowest BCUT2D eigenvalue weighted by molar-refractivity contribution is -0.144. The van der Waals surface area contributed by atoms with E-state index in [1.54, 1.807) is 13.3 Å². The van der Waals surface area contributed by atoms with Crippen molar-refractivity contribution in [2.24, 2.45) is 0 Å². The molecule has 1 atom stereocenters. The summed E-state index contributed by atoms with van der Waals surface area (Å²) in [7, 11) is 1.58. The van der Waals surface area contributed by atoms with Crippen LogP contribution in [0, 0.1) is 0 Å². The van der Waals surface area contributed by atoms with E-state index in [-0.39, 0.29) is 12.8 Å². The number of nitrogens with zero attached hydrogens (tertiary/aromatic N) is 1. The molecule has 0 spiro atoms. The number of carbonyl (C=O) groups excluding carboxylic acids is 1. The number of pyridine rings is 1. The lowest BCUT2D eigenvalue weighted by atomic mass is 9.97. The molecule has 152 valence electrons. The van der Waals surface area contributed by atoms with E-state index in [4.69, 9.17) is 14.2 Å². The average molecular weight is 393 g/mol. The first kappa shape index (κ1) is 20.8. The number of benzene rings is 2. The molecule has 1 aromatic heterocycles. The van der Waals surface area contributed by atoms with Crippen molar-refractivity contribution in [1.29, 1.82) is 0 Å². The second-order valence-electron chi connectivity index (χ2n) is 6.93. The van der Waals surface area contributed by atoms with E-state index < -0.39 is 6.10 Å². The SMILES string of the molecule is CCCCc1ccc(C(OC(C)=O)c2nccc3ccccc23)c(OCOC)c1. The molecule has 2 aromatic carbocycles. The van der Waals surface area contributed by atoms with Crippen LogP contribution in [0.1, 0.15) is 49.6 Å². The first-order chi connectivity index (χ1) is 14.1. The molecule has 5 heteroatoms. The maximum absolute atomic E-state index is 12.0. The molecule has 0 bridgehead atoms. The van der Waals surface area contributed by atoms with Crippen LogP contribution in [-0.4, -0.2) is 24.9 Å². The molecular formula is C24H27NO4. The minimum atomic E-state index is -0.675. The molecule has 0 saturated heterocycles. The topological polar surface area (TPSA) is 57.7 Å². The van der Waals surface area contributed by atoms with Gasteiger partial charge in [0.1, 0.15) is 5.75 Å². The molecule has 0 amide bonds. The monoisotopic (exact) mass is 393 g/mol. The Kier molecular flexibility index (Phi) is 7.19. The first-order valence-electron chi connectivity index (χ1n) is 9.89. The van der Waals surface area contributed by atoms with Crippen molar-refractivity contribution in [3.05, 3.63) is 71.5 Å². The fraction of sp³-hybridized carbons (Fsp3) is 0.333. The third-order valence-corrected chi connectivity index (χ3v) is 4.75. The Morgan fingerprint density at radius 3 is 2.72 bits per heavy atom. The molecule has 0 aliphatic rings. The Morgan fingerprint density at radius 1 is 1.14 bits per heavy atom. The Morgan fingerprint density at radius 2 is 1.97 bits per heavy atom. The lowest BCUT2D eigenvalue weighted by Gasteiger charge is -2.22. The molecule has 3 rings (SSSR count).